The van der Waals surface area contributed by atoms with Gasteiger partial charge in [-0.3, -0.25) is 4.79 Å². The Morgan fingerprint density at radius 1 is 1.40 bits per heavy atom. The molecule has 3 N–H and O–H groups in total. The smallest absolute Gasteiger partial charge is 0.341 e. The first kappa shape index (κ1) is 22.1. The minimum absolute atomic E-state index is 0.0442. The summed E-state index contributed by atoms with van der Waals surface area (Å²) in [5, 5.41) is 9.01. The fourth-order valence-corrected chi connectivity index (χ4v) is 3.65. The molecule has 0 radical (unpaired) electrons. The molecule has 164 valence electrons. The number of carbonyl (C=O) groups is 1. The Kier molecular flexibility index (Phi) is 6.69. The molecule has 1 aromatic carbocycles. The predicted molar refractivity (Wildman–Crippen MR) is 107 cm³/mol. The van der Waals surface area contributed by atoms with Crippen molar-refractivity contribution in [1.82, 2.24) is 4.57 Å². The molecule has 1 aromatic heterocycles. The zero-order chi connectivity index (χ0) is 22.0. The lowest BCUT2D eigenvalue weighted by molar-refractivity contribution is -0.112. The van der Waals surface area contributed by atoms with Crippen LogP contribution in [0.15, 0.2) is 17.1 Å². The van der Waals surface area contributed by atoms with Crippen molar-refractivity contribution in [3.05, 3.63) is 39.7 Å². The van der Waals surface area contributed by atoms with Crippen LogP contribution in [0, 0.1) is 17.6 Å². The van der Waals surface area contributed by atoms with Crippen molar-refractivity contribution in [2.24, 2.45) is 11.7 Å². The van der Waals surface area contributed by atoms with Crippen LogP contribution < -0.4 is 16.1 Å². The van der Waals surface area contributed by atoms with Gasteiger partial charge < -0.3 is 29.8 Å². The number of hydrogen-bond donors (Lipinski definition) is 2. The van der Waals surface area contributed by atoms with Crippen LogP contribution in [0.5, 0.6) is 0 Å². The lowest BCUT2D eigenvalue weighted by Crippen LogP contribution is -2.48. The van der Waals surface area contributed by atoms with Crippen LogP contribution in [0.4, 0.5) is 14.5 Å². The molecule has 2 heterocycles. The van der Waals surface area contributed by atoms with Gasteiger partial charge in [0.25, 0.3) is 0 Å². The highest BCUT2D eigenvalue weighted by atomic mass is 19.1. The lowest BCUT2D eigenvalue weighted by atomic mass is 9.95. The summed E-state index contributed by atoms with van der Waals surface area (Å²) in [6.07, 6.45) is 1.30. The molecular formula is C20H25F2N3O5. The molecule has 30 heavy (non-hydrogen) atoms. The lowest BCUT2D eigenvalue weighted by Gasteiger charge is -2.41. The zero-order valence-corrected chi connectivity index (χ0v) is 16.9. The molecule has 1 fully saturated rings. The third kappa shape index (κ3) is 4.16. The third-order valence-electron chi connectivity index (χ3n) is 5.33. The van der Waals surface area contributed by atoms with Crippen LogP contribution in [0.1, 0.15) is 23.7 Å². The molecule has 0 amide bonds. The van der Waals surface area contributed by atoms with Crippen molar-refractivity contribution >= 4 is 22.6 Å². The van der Waals surface area contributed by atoms with Crippen LogP contribution in [-0.2, 0) is 16.0 Å². The summed E-state index contributed by atoms with van der Waals surface area (Å²) in [5.41, 5.74) is 3.65. The molecule has 0 spiro atoms. The predicted octanol–water partition coefficient (Wildman–Crippen LogP) is 1.77. The van der Waals surface area contributed by atoms with Gasteiger partial charge in [-0.15, -0.1) is 0 Å². The summed E-state index contributed by atoms with van der Waals surface area (Å²) in [5.74, 6) is -3.02. The van der Waals surface area contributed by atoms with Crippen molar-refractivity contribution in [2.45, 2.75) is 26.2 Å². The Hall–Kier alpha value is -2.56. The molecule has 8 nitrogen and oxygen atoms in total. The van der Waals surface area contributed by atoms with Crippen molar-refractivity contribution < 1.29 is 28.2 Å². The Morgan fingerprint density at radius 2 is 2.10 bits per heavy atom. The van der Waals surface area contributed by atoms with E-state index in [4.69, 9.17) is 15.2 Å². The highest BCUT2D eigenvalue weighted by Gasteiger charge is 2.32. The summed E-state index contributed by atoms with van der Waals surface area (Å²) in [4.78, 5) is 25.6. The first-order chi connectivity index (χ1) is 14.3. The number of nitrogens with zero attached hydrogens (tertiary/aromatic N) is 2. The van der Waals surface area contributed by atoms with Gasteiger partial charge in [0.1, 0.15) is 17.1 Å². The summed E-state index contributed by atoms with van der Waals surface area (Å²) < 4.78 is 41.9. The first-order valence-electron chi connectivity index (χ1n) is 9.66. The Morgan fingerprint density at radius 3 is 2.70 bits per heavy atom. The second kappa shape index (κ2) is 9.07. The highest BCUT2D eigenvalue weighted by molar-refractivity contribution is 5.93. The highest BCUT2D eigenvalue weighted by Crippen LogP contribution is 2.34. The van der Waals surface area contributed by atoms with E-state index < -0.39 is 34.9 Å². The number of methoxy groups -OCH3 is 1. The van der Waals surface area contributed by atoms with Crippen molar-refractivity contribution in [3.63, 3.8) is 0 Å². The van der Waals surface area contributed by atoms with E-state index in [1.165, 1.54) is 11.7 Å². The monoisotopic (exact) mass is 425 g/mol. The maximum absolute atomic E-state index is 15.5. The molecule has 10 heteroatoms. The van der Waals surface area contributed by atoms with Gasteiger partial charge in [-0.05, 0) is 31.9 Å². The number of aromatic carboxylic acids is 1. The average Bonchev–Trinajstić information content (AvgIpc) is 2.67. The molecule has 1 aliphatic rings. The molecule has 1 aliphatic heterocycles. The minimum atomic E-state index is -1.47. The van der Waals surface area contributed by atoms with E-state index in [0.29, 0.717) is 19.6 Å². The van der Waals surface area contributed by atoms with Gasteiger partial charge in [0.2, 0.25) is 5.43 Å². The van der Waals surface area contributed by atoms with E-state index in [2.05, 4.69) is 0 Å². The number of rotatable bonds is 9. The standard InChI is InChI=1S/C20H25F2N3O5/c1-11(29-2)30-6-5-24-10-14(20(27)28)19(26)13-7-15(21)18(16(22)17(13)24)25-8-12(9-25)3-4-23/h7,10-12H,3-6,8-9,23H2,1-2H3,(H,27,28). The van der Waals surface area contributed by atoms with Gasteiger partial charge in [-0.2, -0.15) is 0 Å². The first-order valence-corrected chi connectivity index (χ1v) is 9.66. The number of hydrogen-bond acceptors (Lipinski definition) is 6. The number of nitrogens with two attached hydrogens (primary N) is 1. The minimum Gasteiger partial charge on any atom is -0.477 e. The largest absolute Gasteiger partial charge is 0.477 e. The van der Waals surface area contributed by atoms with E-state index in [0.717, 1.165) is 18.7 Å². The van der Waals surface area contributed by atoms with Crippen molar-refractivity contribution in [2.75, 3.05) is 38.3 Å². The van der Waals surface area contributed by atoms with Gasteiger partial charge in [0.15, 0.2) is 12.1 Å². The van der Waals surface area contributed by atoms with Gasteiger partial charge in [0, 0.05) is 32.9 Å². The fraction of sp³-hybridized carbons (Fsp3) is 0.500. The number of ether oxygens (including phenoxy) is 2. The van der Waals surface area contributed by atoms with E-state index >= 15 is 4.39 Å². The summed E-state index contributed by atoms with van der Waals surface area (Å²) in [7, 11) is 1.46. The van der Waals surface area contributed by atoms with Crippen molar-refractivity contribution in [1.29, 1.82) is 0 Å². The van der Waals surface area contributed by atoms with Crippen molar-refractivity contribution in [3.8, 4) is 0 Å². The fourth-order valence-electron chi connectivity index (χ4n) is 3.65. The molecular weight excluding hydrogens is 400 g/mol. The molecule has 2 aromatic rings. The SMILES string of the molecule is COC(C)OCCn1cc(C(=O)O)c(=O)c2cc(F)c(N3CC(CCN)C3)c(F)c21. The molecule has 1 saturated heterocycles. The summed E-state index contributed by atoms with van der Waals surface area (Å²) in [6, 6.07) is 0.911. The Labute approximate surface area is 171 Å². The normalized spacial score (nSPS) is 15.4. The molecule has 0 saturated carbocycles. The van der Waals surface area contributed by atoms with Crippen LogP contribution in [0.25, 0.3) is 10.9 Å². The number of pyridine rings is 1. The number of halogens is 2. The zero-order valence-electron chi connectivity index (χ0n) is 16.9. The average molecular weight is 425 g/mol. The summed E-state index contributed by atoms with van der Waals surface area (Å²) in [6.45, 7) is 3.20. The van der Waals surface area contributed by atoms with Crippen LogP contribution in [0.2, 0.25) is 0 Å². The quantitative estimate of drug-likeness (QED) is 0.590. The topological polar surface area (TPSA) is 107 Å². The number of fused-ring (bicyclic) bond motifs is 1. The maximum atomic E-state index is 15.5. The van der Waals surface area contributed by atoms with Gasteiger partial charge in [0.05, 0.1) is 17.5 Å². The van der Waals surface area contributed by atoms with E-state index in [-0.39, 0.29) is 35.7 Å². The van der Waals surface area contributed by atoms with Gasteiger partial charge in [-0.25, -0.2) is 13.6 Å². The van der Waals surface area contributed by atoms with E-state index in [9.17, 15) is 19.1 Å². The molecule has 0 bridgehead atoms. The molecule has 0 aliphatic carbocycles. The number of carboxylic acids is 1. The van der Waals surface area contributed by atoms with E-state index in [1.54, 1.807) is 11.8 Å². The molecule has 1 atom stereocenters. The molecule has 3 rings (SSSR count). The third-order valence-corrected chi connectivity index (χ3v) is 5.33. The summed E-state index contributed by atoms with van der Waals surface area (Å²) >= 11 is 0. The number of aromatic nitrogens is 1. The van der Waals surface area contributed by atoms with Crippen LogP contribution in [-0.4, -0.2) is 55.3 Å². The van der Waals surface area contributed by atoms with Crippen LogP contribution >= 0.6 is 0 Å². The second-order valence-corrected chi connectivity index (χ2v) is 7.31. The van der Waals surface area contributed by atoms with Crippen LogP contribution in [0.3, 0.4) is 0 Å². The number of carboxylic acid groups (broad SMARTS) is 1. The number of benzene rings is 1. The van der Waals surface area contributed by atoms with Gasteiger partial charge >= 0.3 is 5.97 Å². The Bertz CT molecular complexity index is 1000. The van der Waals surface area contributed by atoms with E-state index in [1.807, 2.05) is 0 Å². The maximum Gasteiger partial charge on any atom is 0.341 e. The second-order valence-electron chi connectivity index (χ2n) is 7.31. The molecule has 1 unspecified atom stereocenters. The van der Waals surface area contributed by atoms with Gasteiger partial charge in [-0.1, -0.05) is 0 Å². The Balaban J connectivity index is 2.08. The number of anilines is 1.